The van der Waals surface area contributed by atoms with E-state index in [9.17, 15) is 8.42 Å². The number of nitrogens with zero attached hydrogens (tertiary/aromatic N) is 2. The Hall–Kier alpha value is -1.11. The number of hydrogen-bond donors (Lipinski definition) is 1. The molecule has 0 saturated carbocycles. The van der Waals surface area contributed by atoms with Crippen molar-refractivity contribution in [2.24, 2.45) is 0 Å². The molecule has 2 aromatic rings. The molecule has 3 rings (SSSR count). The fraction of sp³-hybridized carbons (Fsp3) is 0.273. The minimum atomic E-state index is -3.56. The van der Waals surface area contributed by atoms with Gasteiger partial charge in [0, 0.05) is 10.0 Å². The number of aromatic nitrogens is 3. The molecular weight excluding hydrogens is 309 g/mol. The van der Waals surface area contributed by atoms with E-state index in [1.54, 1.807) is 12.1 Å². The lowest BCUT2D eigenvalue weighted by atomic mass is 10.1. The van der Waals surface area contributed by atoms with Crippen LogP contribution in [0.1, 0.15) is 22.8 Å². The average molecular weight is 318 g/mol. The van der Waals surface area contributed by atoms with Gasteiger partial charge in [-0.15, -0.1) is 5.10 Å². The van der Waals surface area contributed by atoms with Gasteiger partial charge in [0.2, 0.25) is 9.84 Å². The standard InChI is InChI=1S/C11H9Cl2N3O2S/c12-6-3-8-7(9(13)4-6)1-2-10(8)19(17,18)11-5-14-16-15-11/h3-5,10H,1-2H2,(H,14,15,16)/t10-/m0/s1. The summed E-state index contributed by atoms with van der Waals surface area (Å²) in [7, 11) is -3.56. The monoisotopic (exact) mass is 317 g/mol. The fourth-order valence-electron chi connectivity index (χ4n) is 2.40. The van der Waals surface area contributed by atoms with E-state index in [1.165, 1.54) is 6.20 Å². The van der Waals surface area contributed by atoms with Gasteiger partial charge in [-0.2, -0.15) is 10.3 Å². The summed E-state index contributed by atoms with van der Waals surface area (Å²) < 4.78 is 24.9. The largest absolute Gasteiger partial charge is 0.221 e. The first-order valence-electron chi connectivity index (χ1n) is 5.57. The zero-order valence-electron chi connectivity index (χ0n) is 9.60. The zero-order valence-corrected chi connectivity index (χ0v) is 11.9. The Kier molecular flexibility index (Phi) is 3.03. The lowest BCUT2D eigenvalue weighted by molar-refractivity contribution is 0.576. The normalized spacial score (nSPS) is 18.5. The van der Waals surface area contributed by atoms with Crippen LogP contribution in [-0.2, 0) is 16.3 Å². The van der Waals surface area contributed by atoms with Crippen molar-refractivity contribution < 1.29 is 8.42 Å². The number of sulfone groups is 1. The van der Waals surface area contributed by atoms with Crippen LogP contribution in [0.4, 0.5) is 0 Å². The molecule has 100 valence electrons. The molecular formula is C11H9Cl2N3O2S. The fourth-order valence-corrected chi connectivity index (χ4v) is 4.64. The molecule has 5 nitrogen and oxygen atoms in total. The third-order valence-electron chi connectivity index (χ3n) is 3.26. The van der Waals surface area contributed by atoms with Gasteiger partial charge in [-0.25, -0.2) is 8.42 Å². The van der Waals surface area contributed by atoms with Crippen LogP contribution in [0.2, 0.25) is 10.0 Å². The third-order valence-corrected chi connectivity index (χ3v) is 5.83. The van der Waals surface area contributed by atoms with Gasteiger partial charge in [0.1, 0.15) is 0 Å². The highest BCUT2D eigenvalue weighted by Crippen LogP contribution is 2.43. The van der Waals surface area contributed by atoms with Gasteiger partial charge in [-0.3, -0.25) is 0 Å². The minimum Gasteiger partial charge on any atom is -0.221 e. The van der Waals surface area contributed by atoms with E-state index in [0.29, 0.717) is 28.5 Å². The lowest BCUT2D eigenvalue weighted by Gasteiger charge is -2.11. The number of benzene rings is 1. The van der Waals surface area contributed by atoms with Crippen LogP contribution in [0.3, 0.4) is 0 Å². The Morgan fingerprint density at radius 1 is 1.32 bits per heavy atom. The first-order valence-corrected chi connectivity index (χ1v) is 7.88. The molecule has 1 aliphatic carbocycles. The summed E-state index contributed by atoms with van der Waals surface area (Å²) in [6.45, 7) is 0. The predicted octanol–water partition coefficient (Wildman–Crippen LogP) is 2.57. The van der Waals surface area contributed by atoms with Crippen LogP contribution < -0.4 is 0 Å². The van der Waals surface area contributed by atoms with Crippen LogP contribution in [0, 0.1) is 0 Å². The third kappa shape index (κ3) is 2.04. The molecule has 0 unspecified atom stereocenters. The molecule has 0 radical (unpaired) electrons. The van der Waals surface area contributed by atoms with Crippen molar-refractivity contribution in [3.05, 3.63) is 39.5 Å². The van der Waals surface area contributed by atoms with Crippen molar-refractivity contribution in [2.45, 2.75) is 23.1 Å². The van der Waals surface area contributed by atoms with Crippen LogP contribution in [0.15, 0.2) is 23.4 Å². The second kappa shape index (κ2) is 4.47. The maximum atomic E-state index is 12.5. The maximum Gasteiger partial charge on any atom is 0.206 e. The molecule has 1 heterocycles. The molecule has 0 aliphatic heterocycles. The molecule has 0 spiro atoms. The topological polar surface area (TPSA) is 75.7 Å². The zero-order chi connectivity index (χ0) is 13.6. The number of fused-ring (bicyclic) bond motifs is 1. The second-order valence-electron chi connectivity index (χ2n) is 4.34. The number of aromatic amines is 1. The Balaban J connectivity index is 2.13. The van der Waals surface area contributed by atoms with Gasteiger partial charge < -0.3 is 0 Å². The summed E-state index contributed by atoms with van der Waals surface area (Å²) >= 11 is 12.1. The number of halogens is 2. The summed E-state index contributed by atoms with van der Waals surface area (Å²) in [6.07, 6.45) is 2.30. The predicted molar refractivity (Wildman–Crippen MR) is 71.1 cm³/mol. The Labute approximate surface area is 119 Å². The quantitative estimate of drug-likeness (QED) is 0.923. The van der Waals surface area contributed by atoms with Crippen LogP contribution in [-0.4, -0.2) is 23.8 Å². The van der Waals surface area contributed by atoms with Gasteiger partial charge in [0.25, 0.3) is 0 Å². The van der Waals surface area contributed by atoms with E-state index >= 15 is 0 Å². The summed E-state index contributed by atoms with van der Waals surface area (Å²) in [5, 5.41) is 9.75. The smallest absolute Gasteiger partial charge is 0.206 e. The molecule has 1 aromatic heterocycles. The van der Waals surface area contributed by atoms with E-state index in [1.807, 2.05) is 0 Å². The van der Waals surface area contributed by atoms with Crippen LogP contribution >= 0.6 is 23.2 Å². The van der Waals surface area contributed by atoms with Crippen molar-refractivity contribution >= 4 is 33.0 Å². The van der Waals surface area contributed by atoms with Crippen molar-refractivity contribution in [3.8, 4) is 0 Å². The van der Waals surface area contributed by atoms with Crippen molar-refractivity contribution in [2.75, 3.05) is 0 Å². The molecule has 1 aromatic carbocycles. The Morgan fingerprint density at radius 3 is 2.79 bits per heavy atom. The molecule has 0 amide bonds. The highest BCUT2D eigenvalue weighted by atomic mass is 35.5. The number of H-pyrrole nitrogens is 1. The summed E-state index contributed by atoms with van der Waals surface area (Å²) in [5.74, 6) is 0. The van der Waals surface area contributed by atoms with Gasteiger partial charge in [-0.1, -0.05) is 23.2 Å². The van der Waals surface area contributed by atoms with E-state index < -0.39 is 15.1 Å². The molecule has 8 heteroatoms. The SMILES string of the molecule is O=S(=O)(c1cn[nH]n1)[C@H]1CCc2c(Cl)cc(Cl)cc21. The van der Waals surface area contributed by atoms with Crippen molar-refractivity contribution in [3.63, 3.8) is 0 Å². The van der Waals surface area contributed by atoms with Crippen molar-refractivity contribution in [1.82, 2.24) is 15.4 Å². The first kappa shape index (κ1) is 12.9. The Bertz CT molecular complexity index is 729. The molecule has 1 N–H and O–H groups in total. The maximum absolute atomic E-state index is 12.5. The summed E-state index contributed by atoms with van der Waals surface area (Å²) in [4.78, 5) is 0. The minimum absolute atomic E-state index is 0.0542. The van der Waals surface area contributed by atoms with E-state index in [4.69, 9.17) is 23.2 Å². The first-order chi connectivity index (χ1) is 9.00. The Morgan fingerprint density at radius 2 is 2.11 bits per heavy atom. The van der Waals surface area contributed by atoms with Gasteiger partial charge >= 0.3 is 0 Å². The highest BCUT2D eigenvalue weighted by molar-refractivity contribution is 7.91. The molecule has 0 bridgehead atoms. The number of rotatable bonds is 2. The lowest BCUT2D eigenvalue weighted by Crippen LogP contribution is -2.11. The average Bonchev–Trinajstić information content (AvgIpc) is 2.97. The van der Waals surface area contributed by atoms with Crippen LogP contribution in [0.25, 0.3) is 0 Å². The molecule has 0 saturated heterocycles. The molecule has 0 fully saturated rings. The van der Waals surface area contributed by atoms with E-state index in [-0.39, 0.29) is 5.03 Å². The molecule has 1 atom stereocenters. The van der Waals surface area contributed by atoms with Gasteiger partial charge in [0.05, 0.1) is 11.4 Å². The molecule has 19 heavy (non-hydrogen) atoms. The van der Waals surface area contributed by atoms with Crippen LogP contribution in [0.5, 0.6) is 0 Å². The summed E-state index contributed by atoms with van der Waals surface area (Å²) in [6, 6.07) is 3.30. The number of nitrogens with one attached hydrogen (secondary N) is 1. The van der Waals surface area contributed by atoms with Crippen molar-refractivity contribution in [1.29, 1.82) is 0 Å². The second-order valence-corrected chi connectivity index (χ2v) is 7.26. The van der Waals surface area contributed by atoms with Gasteiger partial charge in [-0.05, 0) is 36.1 Å². The van der Waals surface area contributed by atoms with E-state index in [0.717, 1.165) is 5.56 Å². The van der Waals surface area contributed by atoms with E-state index in [2.05, 4.69) is 15.4 Å². The van der Waals surface area contributed by atoms with Gasteiger partial charge in [0.15, 0.2) is 5.03 Å². The molecule has 1 aliphatic rings. The summed E-state index contributed by atoms with van der Waals surface area (Å²) in [5.41, 5.74) is 1.52. The highest BCUT2D eigenvalue weighted by Gasteiger charge is 2.37. The number of hydrogen-bond acceptors (Lipinski definition) is 4.